The second kappa shape index (κ2) is 7.77. The summed E-state index contributed by atoms with van der Waals surface area (Å²) in [5.41, 5.74) is 2.95. The topological polar surface area (TPSA) is 76.7 Å². The van der Waals surface area contributed by atoms with Crippen molar-refractivity contribution in [3.63, 3.8) is 0 Å². The minimum Gasteiger partial charge on any atom is -0.355 e. The summed E-state index contributed by atoms with van der Waals surface area (Å²) in [5.74, 6) is 2.62. The molecule has 1 saturated heterocycles. The first-order valence-electron chi connectivity index (χ1n) is 11.1. The van der Waals surface area contributed by atoms with Crippen molar-refractivity contribution in [2.45, 2.75) is 25.8 Å². The third kappa shape index (κ3) is 3.79. The third-order valence-electron chi connectivity index (χ3n) is 6.12. The van der Waals surface area contributed by atoms with Gasteiger partial charge in [0.25, 0.3) is 0 Å². The summed E-state index contributed by atoms with van der Waals surface area (Å²) in [5, 5.41) is 13.6. The lowest BCUT2D eigenvalue weighted by molar-refractivity contribution is 0.563. The van der Waals surface area contributed by atoms with Gasteiger partial charge in [-0.05, 0) is 49.9 Å². The van der Waals surface area contributed by atoms with Crippen molar-refractivity contribution >= 4 is 16.7 Å². The maximum atomic E-state index is 4.94. The smallest absolute Gasteiger partial charge is 0.156 e. The Morgan fingerprint density at radius 2 is 1.94 bits per heavy atom. The molecule has 1 aliphatic heterocycles. The van der Waals surface area contributed by atoms with Gasteiger partial charge in [0.05, 0.1) is 23.6 Å². The molecule has 8 nitrogen and oxygen atoms in total. The summed E-state index contributed by atoms with van der Waals surface area (Å²) in [4.78, 5) is 11.9. The van der Waals surface area contributed by atoms with Crippen molar-refractivity contribution in [2.24, 2.45) is 5.92 Å². The van der Waals surface area contributed by atoms with Gasteiger partial charge in [-0.3, -0.25) is 9.67 Å². The zero-order valence-electron chi connectivity index (χ0n) is 17.5. The van der Waals surface area contributed by atoms with E-state index >= 15 is 0 Å². The molecule has 0 atom stereocenters. The molecule has 1 aliphatic carbocycles. The Labute approximate surface area is 180 Å². The molecule has 0 radical (unpaired) electrons. The summed E-state index contributed by atoms with van der Waals surface area (Å²) >= 11 is 0. The maximum Gasteiger partial charge on any atom is 0.156 e. The molecule has 4 aromatic heterocycles. The quantitative estimate of drug-likeness (QED) is 0.541. The Morgan fingerprint density at radius 3 is 2.87 bits per heavy atom. The van der Waals surface area contributed by atoms with Gasteiger partial charge in [-0.2, -0.15) is 10.2 Å². The fourth-order valence-electron chi connectivity index (χ4n) is 4.20. The van der Waals surface area contributed by atoms with Gasteiger partial charge in [-0.15, -0.1) is 0 Å². The largest absolute Gasteiger partial charge is 0.355 e. The number of fused-ring (bicyclic) bond motifs is 1. The SMILES string of the molecule is c1cc(N2CCCNCC2)nc(-n2ncc3cnc(-c4cnn(CC5CC5)c4)cc32)c1. The molecule has 0 bridgehead atoms. The predicted octanol–water partition coefficient (Wildman–Crippen LogP) is 2.89. The second-order valence-corrected chi connectivity index (χ2v) is 8.52. The monoisotopic (exact) mass is 414 g/mol. The summed E-state index contributed by atoms with van der Waals surface area (Å²) in [6, 6.07) is 8.25. The van der Waals surface area contributed by atoms with Crippen LogP contribution in [0.4, 0.5) is 5.82 Å². The first kappa shape index (κ1) is 18.5. The number of nitrogens with zero attached hydrogens (tertiary/aromatic N) is 7. The standard InChI is InChI=1S/C23H26N8/c1-3-22(29-9-2-7-24-8-10-29)28-23(4-1)31-21-11-20(25-12-18(21)13-27-31)19-14-26-30(16-19)15-17-5-6-17/h1,3-4,11-14,16-17,24H,2,5-10,15H2. The number of rotatable bonds is 5. The average Bonchev–Trinajstić information content (AvgIpc) is 3.43. The van der Waals surface area contributed by atoms with Crippen molar-refractivity contribution in [1.29, 1.82) is 0 Å². The van der Waals surface area contributed by atoms with Crippen LogP contribution in [0.3, 0.4) is 0 Å². The Hall–Kier alpha value is -3.26. The number of hydrogen-bond donors (Lipinski definition) is 1. The third-order valence-corrected chi connectivity index (χ3v) is 6.12. The van der Waals surface area contributed by atoms with Crippen molar-refractivity contribution in [2.75, 3.05) is 31.1 Å². The Bertz CT molecular complexity index is 1200. The molecule has 1 saturated carbocycles. The molecule has 158 valence electrons. The summed E-state index contributed by atoms with van der Waals surface area (Å²) in [7, 11) is 0. The van der Waals surface area contributed by atoms with Gasteiger partial charge in [0.2, 0.25) is 0 Å². The van der Waals surface area contributed by atoms with E-state index in [-0.39, 0.29) is 0 Å². The first-order chi connectivity index (χ1) is 15.3. The van der Waals surface area contributed by atoms with Crippen LogP contribution < -0.4 is 10.2 Å². The van der Waals surface area contributed by atoms with E-state index in [4.69, 9.17) is 4.98 Å². The predicted molar refractivity (Wildman–Crippen MR) is 120 cm³/mol. The minimum absolute atomic E-state index is 0.794. The van der Waals surface area contributed by atoms with Gasteiger partial charge in [0.15, 0.2) is 5.82 Å². The van der Waals surface area contributed by atoms with Crippen molar-refractivity contribution in [3.05, 3.63) is 49.1 Å². The number of aromatic nitrogens is 6. The Balaban J connectivity index is 1.33. The lowest BCUT2D eigenvalue weighted by atomic mass is 10.2. The molecule has 0 amide bonds. The van der Waals surface area contributed by atoms with Gasteiger partial charge < -0.3 is 10.2 Å². The number of pyridine rings is 2. The number of hydrogen-bond acceptors (Lipinski definition) is 6. The number of anilines is 1. The molecule has 2 aliphatic rings. The van der Waals surface area contributed by atoms with Gasteiger partial charge in [0, 0.05) is 49.5 Å². The molecule has 6 rings (SSSR count). The summed E-state index contributed by atoms with van der Waals surface area (Å²) < 4.78 is 3.95. The Morgan fingerprint density at radius 1 is 1.00 bits per heavy atom. The number of nitrogens with one attached hydrogen (secondary N) is 1. The second-order valence-electron chi connectivity index (χ2n) is 8.52. The molecular weight excluding hydrogens is 388 g/mol. The molecule has 0 spiro atoms. The van der Waals surface area contributed by atoms with Crippen molar-refractivity contribution in [1.82, 2.24) is 34.8 Å². The highest BCUT2D eigenvalue weighted by molar-refractivity contribution is 5.83. The maximum absolute atomic E-state index is 4.94. The van der Waals surface area contributed by atoms with Crippen LogP contribution in [-0.2, 0) is 6.54 Å². The van der Waals surface area contributed by atoms with E-state index in [1.165, 1.54) is 12.8 Å². The molecule has 0 aromatic carbocycles. The minimum atomic E-state index is 0.794. The van der Waals surface area contributed by atoms with E-state index in [0.717, 1.165) is 78.9 Å². The summed E-state index contributed by atoms with van der Waals surface area (Å²) in [6.45, 7) is 5.04. The first-order valence-corrected chi connectivity index (χ1v) is 11.1. The van der Waals surface area contributed by atoms with Crippen LogP contribution in [0.25, 0.3) is 28.0 Å². The van der Waals surface area contributed by atoms with Crippen LogP contribution in [0, 0.1) is 5.92 Å². The highest BCUT2D eigenvalue weighted by Gasteiger charge is 2.22. The van der Waals surface area contributed by atoms with Crippen LogP contribution in [0.15, 0.2) is 49.1 Å². The van der Waals surface area contributed by atoms with Crippen LogP contribution in [0.5, 0.6) is 0 Å². The lowest BCUT2D eigenvalue weighted by Crippen LogP contribution is -2.28. The highest BCUT2D eigenvalue weighted by atomic mass is 15.3. The van der Waals surface area contributed by atoms with Gasteiger partial charge in [-0.1, -0.05) is 6.07 Å². The molecule has 2 fully saturated rings. The lowest BCUT2D eigenvalue weighted by Gasteiger charge is -2.21. The van der Waals surface area contributed by atoms with Crippen LogP contribution in [0.2, 0.25) is 0 Å². The molecular formula is C23H26N8. The van der Waals surface area contributed by atoms with Crippen LogP contribution in [0.1, 0.15) is 19.3 Å². The average molecular weight is 415 g/mol. The molecule has 31 heavy (non-hydrogen) atoms. The van der Waals surface area contributed by atoms with Gasteiger partial charge in [-0.25, -0.2) is 9.67 Å². The fraction of sp³-hybridized carbons (Fsp3) is 0.391. The van der Waals surface area contributed by atoms with E-state index in [1.807, 2.05) is 34.0 Å². The molecule has 5 heterocycles. The van der Waals surface area contributed by atoms with E-state index in [1.54, 1.807) is 0 Å². The van der Waals surface area contributed by atoms with E-state index < -0.39 is 0 Å². The van der Waals surface area contributed by atoms with E-state index in [2.05, 4.69) is 49.8 Å². The van der Waals surface area contributed by atoms with E-state index in [0.29, 0.717) is 0 Å². The molecule has 1 N–H and O–H groups in total. The van der Waals surface area contributed by atoms with Crippen molar-refractivity contribution in [3.8, 4) is 17.1 Å². The fourth-order valence-corrected chi connectivity index (χ4v) is 4.20. The molecule has 4 aromatic rings. The summed E-state index contributed by atoms with van der Waals surface area (Å²) in [6.07, 6.45) is 11.5. The van der Waals surface area contributed by atoms with Crippen LogP contribution in [-0.4, -0.2) is 55.7 Å². The molecule has 0 unspecified atom stereocenters. The normalized spacial score (nSPS) is 17.2. The molecule has 8 heteroatoms. The highest BCUT2D eigenvalue weighted by Crippen LogP contribution is 2.31. The van der Waals surface area contributed by atoms with Crippen molar-refractivity contribution < 1.29 is 0 Å². The zero-order valence-corrected chi connectivity index (χ0v) is 17.5. The Kier molecular flexibility index (Phi) is 4.64. The van der Waals surface area contributed by atoms with Gasteiger partial charge in [0.1, 0.15) is 5.82 Å². The van der Waals surface area contributed by atoms with Crippen LogP contribution >= 0.6 is 0 Å². The zero-order chi connectivity index (χ0) is 20.6. The van der Waals surface area contributed by atoms with Gasteiger partial charge >= 0.3 is 0 Å². The van der Waals surface area contributed by atoms with E-state index in [9.17, 15) is 0 Å².